The average molecular weight is 383 g/mol. The number of piperidine rings is 1. The van der Waals surface area contributed by atoms with Crippen molar-refractivity contribution in [2.75, 3.05) is 38.1 Å². The molecule has 0 atom stereocenters. The van der Waals surface area contributed by atoms with Gasteiger partial charge in [0.1, 0.15) is 11.6 Å². The number of amides is 3. The van der Waals surface area contributed by atoms with Gasteiger partial charge in [-0.25, -0.2) is 4.79 Å². The molecule has 28 heavy (non-hydrogen) atoms. The maximum absolute atomic E-state index is 12.4. The lowest BCUT2D eigenvalue weighted by atomic mass is 10.0. The molecule has 2 aliphatic rings. The van der Waals surface area contributed by atoms with Crippen LogP contribution in [0.4, 0.5) is 10.5 Å². The number of urea groups is 1. The number of likely N-dealkylation sites (N-methyl/N-ethyl adjacent to an activating group) is 1. The fraction of sp³-hybridized carbons (Fsp3) is 0.571. The molecule has 2 heterocycles. The number of benzene rings is 1. The van der Waals surface area contributed by atoms with Gasteiger partial charge < -0.3 is 15.1 Å². The lowest BCUT2D eigenvalue weighted by Crippen LogP contribution is -2.44. The molecule has 2 aliphatic heterocycles. The van der Waals surface area contributed by atoms with Crippen LogP contribution in [0.1, 0.15) is 38.7 Å². The molecule has 2 fully saturated rings. The van der Waals surface area contributed by atoms with Crippen molar-refractivity contribution < 1.29 is 9.59 Å². The molecule has 0 unspecified atom stereocenters. The van der Waals surface area contributed by atoms with Gasteiger partial charge >= 0.3 is 6.03 Å². The number of carbonyl (C=O) groups is 2. The largest absolute Gasteiger partial charge is 0.370 e. The number of nitrogens with zero attached hydrogens (tertiary/aromatic N) is 4. The first-order valence-corrected chi connectivity index (χ1v) is 9.93. The highest BCUT2D eigenvalue weighted by Crippen LogP contribution is 2.26. The van der Waals surface area contributed by atoms with E-state index < -0.39 is 5.54 Å². The lowest BCUT2D eigenvalue weighted by molar-refractivity contribution is -0.131. The maximum Gasteiger partial charge on any atom is 0.327 e. The van der Waals surface area contributed by atoms with Crippen LogP contribution in [0.3, 0.4) is 0 Å². The Morgan fingerprint density at radius 1 is 1.21 bits per heavy atom. The van der Waals surface area contributed by atoms with Gasteiger partial charge in [-0.2, -0.15) is 5.26 Å². The number of hydrogen-bond acceptors (Lipinski definition) is 5. The van der Waals surface area contributed by atoms with E-state index >= 15 is 0 Å². The van der Waals surface area contributed by atoms with Gasteiger partial charge in [-0.15, -0.1) is 0 Å². The summed E-state index contributed by atoms with van der Waals surface area (Å²) in [5, 5.41) is 12.8. The Morgan fingerprint density at radius 3 is 2.50 bits per heavy atom. The SMILES string of the molecule is CN1C(=O)N(CCCNC2CCN(c3ccccc3C#N)CC2)C(=O)C1(C)C. The smallest absolute Gasteiger partial charge is 0.327 e. The van der Waals surface area contributed by atoms with Gasteiger partial charge in [-0.1, -0.05) is 12.1 Å². The summed E-state index contributed by atoms with van der Waals surface area (Å²) in [5.74, 6) is -0.121. The van der Waals surface area contributed by atoms with E-state index in [4.69, 9.17) is 0 Å². The van der Waals surface area contributed by atoms with Crippen molar-refractivity contribution in [3.05, 3.63) is 29.8 Å². The molecule has 7 heteroatoms. The first-order chi connectivity index (χ1) is 13.4. The highest BCUT2D eigenvalue weighted by atomic mass is 16.2. The second-order valence-corrected chi connectivity index (χ2v) is 8.06. The molecule has 1 aromatic carbocycles. The third-order valence-corrected chi connectivity index (χ3v) is 5.98. The van der Waals surface area contributed by atoms with E-state index in [1.54, 1.807) is 20.9 Å². The molecule has 0 spiro atoms. The second-order valence-electron chi connectivity index (χ2n) is 8.06. The zero-order valence-corrected chi connectivity index (χ0v) is 16.9. The van der Waals surface area contributed by atoms with Crippen molar-refractivity contribution in [2.45, 2.75) is 44.7 Å². The van der Waals surface area contributed by atoms with E-state index in [1.165, 1.54) is 9.80 Å². The number of imide groups is 1. The predicted octanol–water partition coefficient (Wildman–Crippen LogP) is 2.18. The van der Waals surface area contributed by atoms with Crippen LogP contribution in [-0.4, -0.2) is 66.5 Å². The molecule has 0 saturated carbocycles. The molecule has 7 nitrogen and oxygen atoms in total. The number of nitriles is 1. The molecule has 0 radical (unpaired) electrons. The molecule has 1 N–H and O–H groups in total. The molecule has 2 saturated heterocycles. The summed E-state index contributed by atoms with van der Waals surface area (Å²) >= 11 is 0. The molecular weight excluding hydrogens is 354 g/mol. The highest BCUT2D eigenvalue weighted by Gasteiger charge is 2.48. The first-order valence-electron chi connectivity index (χ1n) is 9.93. The summed E-state index contributed by atoms with van der Waals surface area (Å²) in [6, 6.07) is 10.2. The van der Waals surface area contributed by atoms with E-state index in [0.29, 0.717) is 12.6 Å². The maximum atomic E-state index is 12.4. The Morgan fingerprint density at radius 2 is 1.89 bits per heavy atom. The van der Waals surface area contributed by atoms with Crippen LogP contribution in [0, 0.1) is 11.3 Å². The highest BCUT2D eigenvalue weighted by molar-refractivity contribution is 6.06. The van der Waals surface area contributed by atoms with Gasteiger partial charge in [-0.05, 0) is 51.8 Å². The topological polar surface area (TPSA) is 79.7 Å². The van der Waals surface area contributed by atoms with Gasteiger partial charge in [0.15, 0.2) is 0 Å². The molecular formula is C21H29N5O2. The monoisotopic (exact) mass is 383 g/mol. The van der Waals surface area contributed by atoms with Crippen LogP contribution in [0.25, 0.3) is 0 Å². The minimum atomic E-state index is -0.753. The van der Waals surface area contributed by atoms with Crippen LogP contribution in [-0.2, 0) is 4.79 Å². The summed E-state index contributed by atoms with van der Waals surface area (Å²) in [4.78, 5) is 29.8. The molecule has 0 bridgehead atoms. The van der Waals surface area contributed by atoms with Gasteiger partial charge in [0.05, 0.1) is 11.3 Å². The Balaban J connectivity index is 1.41. The van der Waals surface area contributed by atoms with Crippen LogP contribution >= 0.6 is 0 Å². The number of anilines is 1. The van der Waals surface area contributed by atoms with Crippen molar-refractivity contribution >= 4 is 17.6 Å². The summed E-state index contributed by atoms with van der Waals surface area (Å²) < 4.78 is 0. The summed E-state index contributed by atoms with van der Waals surface area (Å²) in [5.41, 5.74) is 0.986. The Bertz CT molecular complexity index is 777. The van der Waals surface area contributed by atoms with E-state index in [9.17, 15) is 14.9 Å². The zero-order chi connectivity index (χ0) is 20.3. The molecule has 0 aliphatic carbocycles. The van der Waals surface area contributed by atoms with Gasteiger partial charge in [0.25, 0.3) is 5.91 Å². The van der Waals surface area contributed by atoms with Gasteiger partial charge in [-0.3, -0.25) is 9.69 Å². The second kappa shape index (κ2) is 8.19. The standard InChI is InChI=1S/C21H29N5O2/c1-21(2)19(27)26(20(28)24(21)3)12-6-11-23-17-9-13-25(14-10-17)18-8-5-4-7-16(18)15-22/h4-5,7-8,17,23H,6,9-14H2,1-3H3. The fourth-order valence-corrected chi connectivity index (χ4v) is 3.89. The Kier molecular flexibility index (Phi) is 5.90. The molecule has 0 aromatic heterocycles. The van der Waals surface area contributed by atoms with Gasteiger partial charge in [0, 0.05) is 32.7 Å². The number of carbonyl (C=O) groups excluding carboxylic acids is 2. The molecule has 150 valence electrons. The predicted molar refractivity (Wildman–Crippen MR) is 108 cm³/mol. The van der Waals surface area contributed by atoms with Crippen molar-refractivity contribution in [3.8, 4) is 6.07 Å². The van der Waals surface area contributed by atoms with E-state index in [2.05, 4.69) is 16.3 Å². The van der Waals surface area contributed by atoms with E-state index in [-0.39, 0.29) is 11.9 Å². The minimum absolute atomic E-state index is 0.121. The lowest BCUT2D eigenvalue weighted by Gasteiger charge is -2.34. The summed E-state index contributed by atoms with van der Waals surface area (Å²) in [6.07, 6.45) is 2.77. The van der Waals surface area contributed by atoms with Crippen LogP contribution in [0.15, 0.2) is 24.3 Å². The first kappa shape index (κ1) is 20.2. The van der Waals surface area contributed by atoms with Gasteiger partial charge in [0.2, 0.25) is 0 Å². The zero-order valence-electron chi connectivity index (χ0n) is 16.9. The van der Waals surface area contributed by atoms with Crippen molar-refractivity contribution in [3.63, 3.8) is 0 Å². The van der Waals surface area contributed by atoms with Crippen LogP contribution in [0.5, 0.6) is 0 Å². The van der Waals surface area contributed by atoms with E-state index in [1.807, 2.05) is 24.3 Å². The third kappa shape index (κ3) is 3.83. The molecule has 3 rings (SSSR count). The third-order valence-electron chi connectivity index (χ3n) is 5.98. The number of hydrogen-bond donors (Lipinski definition) is 1. The van der Waals surface area contributed by atoms with Crippen molar-refractivity contribution in [2.24, 2.45) is 0 Å². The number of nitrogens with one attached hydrogen (secondary N) is 1. The quantitative estimate of drug-likeness (QED) is 0.602. The number of para-hydroxylation sites is 1. The molecule has 1 aromatic rings. The minimum Gasteiger partial charge on any atom is -0.370 e. The molecule has 3 amide bonds. The summed E-state index contributed by atoms with van der Waals surface area (Å²) in [6.45, 7) is 6.62. The van der Waals surface area contributed by atoms with Crippen LogP contribution in [0.2, 0.25) is 0 Å². The Hall–Kier alpha value is -2.59. The summed E-state index contributed by atoms with van der Waals surface area (Å²) in [7, 11) is 1.68. The van der Waals surface area contributed by atoms with Crippen LogP contribution < -0.4 is 10.2 Å². The van der Waals surface area contributed by atoms with E-state index in [0.717, 1.165) is 50.1 Å². The Labute approximate surface area is 166 Å². The van der Waals surface area contributed by atoms with Crippen molar-refractivity contribution in [1.82, 2.24) is 15.1 Å². The average Bonchev–Trinajstić information content (AvgIpc) is 2.86. The van der Waals surface area contributed by atoms with Crippen molar-refractivity contribution in [1.29, 1.82) is 5.26 Å². The fourth-order valence-electron chi connectivity index (χ4n) is 3.89. The number of rotatable bonds is 6. The normalized spacial score (nSPS) is 20.0.